The van der Waals surface area contributed by atoms with Gasteiger partial charge in [-0.15, -0.1) is 0 Å². The number of likely N-dealkylation sites (tertiary alicyclic amines) is 1. The molecule has 1 heterocycles. The average Bonchev–Trinajstić information content (AvgIpc) is 2.70. The number of carbonyl (C=O) groups excluding carboxylic acids is 2. The zero-order valence-electron chi connectivity index (χ0n) is 11.1. The molecule has 5 aliphatic rings. The highest BCUT2D eigenvalue weighted by Crippen LogP contribution is 2.55. The van der Waals surface area contributed by atoms with Crippen LogP contribution in [-0.2, 0) is 9.59 Å². The van der Waals surface area contributed by atoms with Gasteiger partial charge in [0.1, 0.15) is 0 Å². The Hall–Kier alpha value is -0.570. The first kappa shape index (κ1) is 12.2. The molecule has 1 amide bonds. The van der Waals surface area contributed by atoms with E-state index >= 15 is 0 Å². The Morgan fingerprint density at radius 2 is 1.63 bits per heavy atom. The van der Waals surface area contributed by atoms with Crippen molar-refractivity contribution in [2.75, 3.05) is 6.54 Å². The van der Waals surface area contributed by atoms with Gasteiger partial charge in [-0.25, -0.2) is 0 Å². The summed E-state index contributed by atoms with van der Waals surface area (Å²) in [4.78, 5) is 25.6. The van der Waals surface area contributed by atoms with Crippen LogP contribution in [0, 0.1) is 29.6 Å². The van der Waals surface area contributed by atoms with E-state index in [4.69, 9.17) is 11.6 Å². The summed E-state index contributed by atoms with van der Waals surface area (Å²) < 4.78 is 0. The molecule has 4 bridgehead atoms. The van der Waals surface area contributed by atoms with Gasteiger partial charge in [-0.2, -0.15) is 0 Å². The summed E-state index contributed by atoms with van der Waals surface area (Å²) in [6, 6.07) is 0.418. The van der Waals surface area contributed by atoms with Crippen LogP contribution < -0.4 is 0 Å². The number of hydrogen-bond acceptors (Lipinski definition) is 2. The Balaban J connectivity index is 1.56. The van der Waals surface area contributed by atoms with Crippen molar-refractivity contribution < 1.29 is 9.59 Å². The van der Waals surface area contributed by atoms with Crippen molar-refractivity contribution >= 4 is 22.8 Å². The van der Waals surface area contributed by atoms with E-state index in [1.807, 2.05) is 4.90 Å². The molecule has 3 nitrogen and oxygen atoms in total. The lowest BCUT2D eigenvalue weighted by atomic mass is 9.54. The third kappa shape index (κ3) is 1.84. The van der Waals surface area contributed by atoms with Crippen molar-refractivity contribution in [1.82, 2.24) is 4.90 Å². The van der Waals surface area contributed by atoms with E-state index in [-0.39, 0.29) is 17.1 Å². The van der Waals surface area contributed by atoms with Crippen molar-refractivity contribution in [2.24, 2.45) is 29.6 Å². The van der Waals surface area contributed by atoms with Gasteiger partial charge in [0.2, 0.25) is 11.1 Å². The quantitative estimate of drug-likeness (QED) is 0.729. The predicted molar refractivity (Wildman–Crippen MR) is 71.5 cm³/mol. The first-order chi connectivity index (χ1) is 9.11. The summed E-state index contributed by atoms with van der Waals surface area (Å²) in [6.45, 7) is 0.578. The molecule has 5 rings (SSSR count). The van der Waals surface area contributed by atoms with E-state index in [2.05, 4.69) is 0 Å². The van der Waals surface area contributed by atoms with Crippen LogP contribution in [0.5, 0.6) is 0 Å². The summed E-state index contributed by atoms with van der Waals surface area (Å²) in [5.74, 6) is 3.14. The smallest absolute Gasteiger partial charge is 0.227 e. The Bertz CT molecular complexity index is 408. The Morgan fingerprint density at radius 1 is 1.05 bits per heavy atom. The van der Waals surface area contributed by atoms with Gasteiger partial charge in [-0.3, -0.25) is 9.59 Å². The zero-order chi connectivity index (χ0) is 13.1. The summed E-state index contributed by atoms with van der Waals surface area (Å²) in [6.07, 6.45) is 6.99. The van der Waals surface area contributed by atoms with Gasteiger partial charge in [0.25, 0.3) is 0 Å². The fourth-order valence-electron chi connectivity index (χ4n) is 5.58. The highest BCUT2D eigenvalue weighted by atomic mass is 35.5. The van der Waals surface area contributed by atoms with E-state index in [0.717, 1.165) is 11.8 Å². The van der Waals surface area contributed by atoms with Crippen molar-refractivity contribution in [3.8, 4) is 0 Å². The van der Waals surface area contributed by atoms with Crippen molar-refractivity contribution in [1.29, 1.82) is 0 Å². The molecule has 0 spiro atoms. The summed E-state index contributed by atoms with van der Waals surface area (Å²) in [7, 11) is 0. The SMILES string of the molecule is O=C(Cl)C1CC(=O)N(C2C3CC4CC(C3)CC2C4)C1. The van der Waals surface area contributed by atoms with Crippen LogP contribution in [0.3, 0.4) is 0 Å². The van der Waals surface area contributed by atoms with Gasteiger partial charge in [0.05, 0.1) is 5.92 Å². The van der Waals surface area contributed by atoms with Crippen LogP contribution in [0.4, 0.5) is 0 Å². The summed E-state index contributed by atoms with van der Waals surface area (Å²) in [5, 5.41) is -0.334. The lowest BCUT2D eigenvalue weighted by Gasteiger charge is -2.56. The largest absolute Gasteiger partial charge is 0.338 e. The van der Waals surface area contributed by atoms with Gasteiger partial charge in [0.15, 0.2) is 0 Å². The maximum absolute atomic E-state index is 12.2. The van der Waals surface area contributed by atoms with Crippen LogP contribution in [0.15, 0.2) is 0 Å². The van der Waals surface area contributed by atoms with Crippen LogP contribution >= 0.6 is 11.6 Å². The highest BCUT2D eigenvalue weighted by Gasteiger charge is 2.52. The average molecular weight is 282 g/mol. The molecular weight excluding hydrogens is 262 g/mol. The number of hydrogen-bond donors (Lipinski definition) is 0. The van der Waals surface area contributed by atoms with Crippen LogP contribution in [0.2, 0.25) is 0 Å². The fraction of sp³-hybridized carbons (Fsp3) is 0.867. The van der Waals surface area contributed by atoms with Gasteiger partial charge >= 0.3 is 0 Å². The lowest BCUT2D eigenvalue weighted by molar-refractivity contribution is -0.138. The molecule has 1 saturated heterocycles. The normalized spacial score (nSPS) is 48.1. The molecule has 5 fully saturated rings. The number of carbonyl (C=O) groups is 2. The summed E-state index contributed by atoms with van der Waals surface area (Å²) >= 11 is 5.59. The molecule has 0 radical (unpaired) electrons. The monoisotopic (exact) mass is 281 g/mol. The second-order valence-corrected chi connectivity index (χ2v) is 7.55. The topological polar surface area (TPSA) is 37.4 Å². The molecule has 0 aromatic carbocycles. The van der Waals surface area contributed by atoms with E-state index in [1.54, 1.807) is 0 Å². The lowest BCUT2D eigenvalue weighted by Crippen LogP contribution is -2.56. The Morgan fingerprint density at radius 3 is 2.11 bits per heavy atom. The fourth-order valence-corrected chi connectivity index (χ4v) is 5.72. The maximum atomic E-state index is 12.2. The molecule has 1 unspecified atom stereocenters. The van der Waals surface area contributed by atoms with Crippen molar-refractivity contribution in [3.63, 3.8) is 0 Å². The van der Waals surface area contributed by atoms with Gasteiger partial charge in [-0.1, -0.05) is 0 Å². The van der Waals surface area contributed by atoms with Crippen LogP contribution in [0.1, 0.15) is 38.5 Å². The van der Waals surface area contributed by atoms with E-state index in [9.17, 15) is 9.59 Å². The minimum absolute atomic E-state index is 0.163. The molecular formula is C15H20ClNO2. The van der Waals surface area contributed by atoms with Gasteiger partial charge in [-0.05, 0) is 67.4 Å². The first-order valence-electron chi connectivity index (χ1n) is 7.60. The molecule has 4 heteroatoms. The predicted octanol–water partition coefficient (Wildman–Crippen LogP) is 2.43. The number of halogens is 1. The molecule has 4 aliphatic carbocycles. The minimum Gasteiger partial charge on any atom is -0.338 e. The Kier molecular flexibility index (Phi) is 2.70. The zero-order valence-corrected chi connectivity index (χ0v) is 11.8. The highest BCUT2D eigenvalue weighted by molar-refractivity contribution is 6.64. The number of amides is 1. The molecule has 19 heavy (non-hydrogen) atoms. The molecule has 1 aliphatic heterocycles. The van der Waals surface area contributed by atoms with Crippen molar-refractivity contribution in [3.05, 3.63) is 0 Å². The van der Waals surface area contributed by atoms with Gasteiger partial charge in [0, 0.05) is 19.0 Å². The van der Waals surface area contributed by atoms with Crippen LogP contribution in [-0.4, -0.2) is 28.6 Å². The standard InChI is InChI=1S/C15H20ClNO2/c16-15(19)12-6-13(18)17(7-12)14-10-2-8-1-9(4-10)5-11(14)3-8/h8-12,14H,1-7H2. The van der Waals surface area contributed by atoms with Crippen molar-refractivity contribution in [2.45, 2.75) is 44.6 Å². The second kappa shape index (κ2) is 4.21. The number of rotatable bonds is 2. The molecule has 0 aromatic rings. The maximum Gasteiger partial charge on any atom is 0.227 e. The third-order valence-electron chi connectivity index (χ3n) is 6.02. The second-order valence-electron chi connectivity index (χ2n) is 7.17. The van der Waals surface area contributed by atoms with Gasteiger partial charge < -0.3 is 4.90 Å². The summed E-state index contributed by atoms with van der Waals surface area (Å²) in [5.41, 5.74) is 0. The van der Waals surface area contributed by atoms with E-state index < -0.39 is 0 Å². The van der Waals surface area contributed by atoms with E-state index in [1.165, 1.54) is 32.1 Å². The first-order valence-corrected chi connectivity index (χ1v) is 7.98. The van der Waals surface area contributed by atoms with E-state index in [0.29, 0.717) is 30.8 Å². The number of nitrogens with zero attached hydrogens (tertiary/aromatic N) is 1. The molecule has 0 aromatic heterocycles. The third-order valence-corrected chi connectivity index (χ3v) is 6.32. The molecule has 1 atom stereocenters. The van der Waals surface area contributed by atoms with Crippen LogP contribution in [0.25, 0.3) is 0 Å². The molecule has 0 N–H and O–H groups in total. The minimum atomic E-state index is -0.334. The molecule has 4 saturated carbocycles. The molecule has 104 valence electrons. The Labute approximate surface area is 118 Å².